The number of carboxylic acids is 1. The first kappa shape index (κ1) is 19.6. The molecule has 2 aromatic heterocycles. The molecule has 0 aliphatic carbocycles. The average Bonchev–Trinajstić information content (AvgIpc) is 3.11. The van der Waals surface area contributed by atoms with Crippen LogP contribution in [-0.4, -0.2) is 20.6 Å². The number of carboxylic acid groups (broad SMARTS) is 1. The van der Waals surface area contributed by atoms with E-state index in [0.717, 1.165) is 22.5 Å². The summed E-state index contributed by atoms with van der Waals surface area (Å²) in [4.78, 5) is 30.0. The van der Waals surface area contributed by atoms with E-state index in [1.165, 1.54) is 9.95 Å². The molecule has 0 fully saturated rings. The second-order valence-electron chi connectivity index (χ2n) is 6.56. The molecule has 4 aromatic rings. The summed E-state index contributed by atoms with van der Waals surface area (Å²) in [5, 5.41) is 11.9. The third-order valence-corrected chi connectivity index (χ3v) is 6.04. The number of fused-ring (bicyclic) bond motifs is 1. The zero-order valence-electron chi connectivity index (χ0n) is 15.1. The molecule has 4 rings (SSSR count). The molecule has 0 radical (unpaired) electrons. The van der Waals surface area contributed by atoms with Gasteiger partial charge in [0.15, 0.2) is 0 Å². The van der Waals surface area contributed by atoms with Crippen molar-refractivity contribution < 1.29 is 9.90 Å². The maximum absolute atomic E-state index is 13.4. The van der Waals surface area contributed by atoms with Crippen molar-refractivity contribution in [1.82, 2.24) is 9.55 Å². The number of halogens is 2. The lowest BCUT2D eigenvalue weighted by atomic mass is 10.1. The quantitative estimate of drug-likeness (QED) is 0.451. The molecule has 0 atom stereocenters. The molecule has 0 aliphatic heterocycles. The van der Waals surface area contributed by atoms with E-state index in [1.807, 2.05) is 31.2 Å². The summed E-state index contributed by atoms with van der Waals surface area (Å²) in [5.41, 5.74) is 2.04. The monoisotopic (exact) mass is 444 g/mol. The van der Waals surface area contributed by atoms with E-state index in [2.05, 4.69) is 4.98 Å². The van der Waals surface area contributed by atoms with Gasteiger partial charge in [0, 0.05) is 21.0 Å². The molecule has 5 nitrogen and oxygen atoms in total. The molecule has 1 N–H and O–H groups in total. The van der Waals surface area contributed by atoms with Gasteiger partial charge in [0.1, 0.15) is 10.7 Å². The number of carbonyl (C=O) groups is 1. The van der Waals surface area contributed by atoms with Gasteiger partial charge in [-0.3, -0.25) is 9.36 Å². The first-order chi connectivity index (χ1) is 13.8. The van der Waals surface area contributed by atoms with Gasteiger partial charge >= 0.3 is 5.97 Å². The average molecular weight is 445 g/mol. The van der Waals surface area contributed by atoms with Crippen molar-refractivity contribution >= 4 is 50.7 Å². The minimum atomic E-state index is -1.16. The van der Waals surface area contributed by atoms with Crippen molar-refractivity contribution in [2.75, 3.05) is 0 Å². The van der Waals surface area contributed by atoms with E-state index >= 15 is 0 Å². The first-order valence-electron chi connectivity index (χ1n) is 8.61. The maximum Gasteiger partial charge on any atom is 0.337 e. The summed E-state index contributed by atoms with van der Waals surface area (Å²) in [6, 6.07) is 12.7. The summed E-state index contributed by atoms with van der Waals surface area (Å²) in [5.74, 6) is -0.707. The highest BCUT2D eigenvalue weighted by Gasteiger charge is 2.21. The molecule has 0 saturated heterocycles. The Hall–Kier alpha value is -2.67. The molecular formula is C21H14Cl2N2O3S. The number of thiophene rings is 1. The van der Waals surface area contributed by atoms with Crippen LogP contribution in [0.1, 0.15) is 21.5 Å². The van der Waals surface area contributed by atoms with Gasteiger partial charge in [-0.1, -0.05) is 59.1 Å². The molecule has 0 bridgehead atoms. The van der Waals surface area contributed by atoms with Gasteiger partial charge in [0.25, 0.3) is 5.56 Å². The van der Waals surface area contributed by atoms with E-state index in [9.17, 15) is 14.7 Å². The predicted octanol–water partition coefficient (Wildman–Crippen LogP) is 5.49. The van der Waals surface area contributed by atoms with Crippen molar-refractivity contribution in [3.63, 3.8) is 0 Å². The van der Waals surface area contributed by atoms with Crippen molar-refractivity contribution in [1.29, 1.82) is 0 Å². The van der Waals surface area contributed by atoms with Crippen molar-refractivity contribution in [3.05, 3.63) is 84.9 Å². The van der Waals surface area contributed by atoms with Crippen molar-refractivity contribution in [2.45, 2.75) is 13.5 Å². The lowest BCUT2D eigenvalue weighted by molar-refractivity contribution is 0.0699. The van der Waals surface area contributed by atoms with Gasteiger partial charge in [0.05, 0.1) is 17.5 Å². The molecule has 8 heteroatoms. The highest BCUT2D eigenvalue weighted by molar-refractivity contribution is 7.17. The molecule has 0 unspecified atom stereocenters. The Kier molecular flexibility index (Phi) is 5.17. The first-order valence-corrected chi connectivity index (χ1v) is 10.2. The Morgan fingerprint density at radius 1 is 1.17 bits per heavy atom. The van der Waals surface area contributed by atoms with Gasteiger partial charge in [-0.05, 0) is 24.6 Å². The predicted molar refractivity (Wildman–Crippen MR) is 117 cm³/mol. The number of aryl methyl sites for hydroxylation is 1. The van der Waals surface area contributed by atoms with Crippen molar-refractivity contribution in [2.24, 2.45) is 0 Å². The number of benzene rings is 2. The highest BCUT2D eigenvalue weighted by Crippen LogP contribution is 2.28. The van der Waals surface area contributed by atoms with Crippen LogP contribution in [0.5, 0.6) is 0 Å². The Morgan fingerprint density at radius 2 is 1.90 bits per heavy atom. The smallest absolute Gasteiger partial charge is 0.337 e. The topological polar surface area (TPSA) is 72.2 Å². The summed E-state index contributed by atoms with van der Waals surface area (Å²) < 4.78 is 1.46. The number of rotatable bonds is 4. The van der Waals surface area contributed by atoms with Crippen LogP contribution in [0.3, 0.4) is 0 Å². The Bertz CT molecular complexity index is 1310. The fourth-order valence-electron chi connectivity index (χ4n) is 3.07. The summed E-state index contributed by atoms with van der Waals surface area (Å²) in [6.45, 7) is 2.11. The number of aromatic nitrogens is 2. The second kappa shape index (κ2) is 7.63. The fraction of sp³-hybridized carbons (Fsp3) is 0.0952. The van der Waals surface area contributed by atoms with Gasteiger partial charge in [-0.15, -0.1) is 11.3 Å². The largest absolute Gasteiger partial charge is 0.478 e. The summed E-state index contributed by atoms with van der Waals surface area (Å²) in [6.07, 6.45) is 0. The number of hydrogen-bond donors (Lipinski definition) is 1. The lowest BCUT2D eigenvalue weighted by Gasteiger charge is -2.14. The lowest BCUT2D eigenvalue weighted by Crippen LogP contribution is -2.25. The van der Waals surface area contributed by atoms with Gasteiger partial charge in [-0.25, -0.2) is 9.78 Å². The minimum Gasteiger partial charge on any atom is -0.478 e. The SMILES string of the molecule is Cc1ccc(-c2nc3scc(C(=O)O)c3c(=O)n2Cc2ccc(Cl)cc2Cl)cc1. The van der Waals surface area contributed by atoms with E-state index in [4.69, 9.17) is 23.2 Å². The zero-order chi connectivity index (χ0) is 20.7. The molecule has 2 aromatic carbocycles. The maximum atomic E-state index is 13.4. The molecule has 29 heavy (non-hydrogen) atoms. The van der Waals surface area contributed by atoms with Crippen LogP contribution < -0.4 is 5.56 Å². The van der Waals surface area contributed by atoms with Gasteiger partial charge < -0.3 is 5.11 Å². The van der Waals surface area contributed by atoms with Crippen LogP contribution in [0.15, 0.2) is 52.6 Å². The van der Waals surface area contributed by atoms with E-state index < -0.39 is 11.5 Å². The number of nitrogens with zero attached hydrogens (tertiary/aromatic N) is 2. The van der Waals surface area contributed by atoms with Crippen LogP contribution in [0, 0.1) is 6.92 Å². The number of aromatic carboxylic acids is 1. The zero-order valence-corrected chi connectivity index (χ0v) is 17.5. The van der Waals surface area contributed by atoms with Crippen LogP contribution in [0.25, 0.3) is 21.6 Å². The number of hydrogen-bond acceptors (Lipinski definition) is 4. The summed E-state index contributed by atoms with van der Waals surface area (Å²) >= 11 is 13.4. The highest BCUT2D eigenvalue weighted by atomic mass is 35.5. The molecular weight excluding hydrogens is 431 g/mol. The fourth-order valence-corrected chi connectivity index (χ4v) is 4.44. The summed E-state index contributed by atoms with van der Waals surface area (Å²) in [7, 11) is 0. The Balaban J connectivity index is 2.00. The van der Waals surface area contributed by atoms with Crippen LogP contribution in [-0.2, 0) is 6.54 Å². The Morgan fingerprint density at radius 3 is 2.55 bits per heavy atom. The van der Waals surface area contributed by atoms with Crippen molar-refractivity contribution in [3.8, 4) is 11.4 Å². The molecule has 146 valence electrons. The molecule has 0 amide bonds. The molecule has 0 spiro atoms. The third-order valence-electron chi connectivity index (χ3n) is 4.58. The van der Waals surface area contributed by atoms with E-state index in [0.29, 0.717) is 26.3 Å². The molecule has 2 heterocycles. The molecule has 0 saturated carbocycles. The third kappa shape index (κ3) is 3.67. The van der Waals surface area contributed by atoms with E-state index in [1.54, 1.807) is 18.2 Å². The van der Waals surface area contributed by atoms with E-state index in [-0.39, 0.29) is 17.5 Å². The Labute approximate surface area is 179 Å². The normalized spacial score (nSPS) is 11.1. The van der Waals surface area contributed by atoms with Crippen LogP contribution >= 0.6 is 34.5 Å². The standard InChI is InChI=1S/C21H14Cl2N2O3S/c1-11-2-4-12(5-3-11)18-24-19-17(15(10-29-19)21(27)28)20(26)25(18)9-13-6-7-14(22)8-16(13)23/h2-8,10H,9H2,1H3,(H,27,28). The minimum absolute atomic E-state index is 0.0473. The van der Waals surface area contributed by atoms with Crippen LogP contribution in [0.2, 0.25) is 10.0 Å². The second-order valence-corrected chi connectivity index (χ2v) is 8.26. The molecule has 0 aliphatic rings. The van der Waals surface area contributed by atoms with Gasteiger partial charge in [-0.2, -0.15) is 0 Å². The van der Waals surface area contributed by atoms with Crippen LogP contribution in [0.4, 0.5) is 0 Å². The van der Waals surface area contributed by atoms with Gasteiger partial charge in [0.2, 0.25) is 0 Å².